The molecular weight excluding hydrogens is 264 g/mol. The van der Waals surface area contributed by atoms with E-state index in [0.717, 1.165) is 12.8 Å². The second-order valence-electron chi connectivity index (χ2n) is 5.83. The highest BCUT2D eigenvalue weighted by Crippen LogP contribution is 2.27. The first kappa shape index (κ1) is 14.5. The van der Waals surface area contributed by atoms with Crippen molar-refractivity contribution < 1.29 is 13.8 Å². The van der Waals surface area contributed by atoms with Crippen LogP contribution in [0.25, 0.3) is 0 Å². The number of carbonyl (C=O) groups excluding carboxylic acids is 2. The largest absolute Gasteiger partial charge is 0.340 e. The van der Waals surface area contributed by atoms with Crippen LogP contribution in [0.3, 0.4) is 0 Å². The Balaban J connectivity index is 2.24. The molecule has 5 nitrogen and oxygen atoms in total. The maximum atomic E-state index is 12.6. The Morgan fingerprint density at radius 2 is 1.89 bits per heavy atom. The molecular formula is C13H22N2O3S. The van der Waals surface area contributed by atoms with E-state index in [1.165, 1.54) is 0 Å². The molecule has 2 fully saturated rings. The normalized spacial score (nSPS) is 35.1. The molecule has 0 bridgehead atoms. The molecule has 6 heteroatoms. The van der Waals surface area contributed by atoms with Crippen molar-refractivity contribution in [3.05, 3.63) is 0 Å². The van der Waals surface area contributed by atoms with Gasteiger partial charge in [-0.1, -0.05) is 6.92 Å². The number of rotatable bonds is 2. The summed E-state index contributed by atoms with van der Waals surface area (Å²) in [6.45, 7) is 5.41. The molecule has 19 heavy (non-hydrogen) atoms. The van der Waals surface area contributed by atoms with E-state index < -0.39 is 16.3 Å². The first-order valence-electron chi connectivity index (χ1n) is 6.86. The standard InChI is InChI=1S/C13H22N2O3S/c1-4-10-11(16)14-13(2,3)12(17)15(10)9-5-7-19(18)8-6-9/h9-10H,4-8H2,1-3H3,(H,14,16). The van der Waals surface area contributed by atoms with E-state index in [9.17, 15) is 13.8 Å². The zero-order valence-corrected chi connectivity index (χ0v) is 12.6. The van der Waals surface area contributed by atoms with Gasteiger partial charge >= 0.3 is 0 Å². The summed E-state index contributed by atoms with van der Waals surface area (Å²) in [5, 5.41) is 2.79. The van der Waals surface area contributed by atoms with Crippen molar-refractivity contribution in [1.82, 2.24) is 10.2 Å². The van der Waals surface area contributed by atoms with E-state index in [-0.39, 0.29) is 23.9 Å². The number of nitrogens with one attached hydrogen (secondary N) is 1. The smallest absolute Gasteiger partial charge is 0.248 e. The number of nitrogens with zero attached hydrogens (tertiary/aromatic N) is 1. The molecule has 0 aromatic carbocycles. The van der Waals surface area contributed by atoms with E-state index >= 15 is 0 Å². The third-order valence-corrected chi connectivity index (χ3v) is 5.36. The molecule has 0 aliphatic carbocycles. The van der Waals surface area contributed by atoms with Gasteiger partial charge in [-0.2, -0.15) is 0 Å². The molecule has 2 heterocycles. The van der Waals surface area contributed by atoms with Gasteiger partial charge in [0.2, 0.25) is 11.8 Å². The SMILES string of the molecule is CCC1C(=O)NC(C)(C)C(=O)N1C1CCS(=O)CC1. The monoisotopic (exact) mass is 286 g/mol. The van der Waals surface area contributed by atoms with Gasteiger partial charge in [-0.3, -0.25) is 13.8 Å². The lowest BCUT2D eigenvalue weighted by molar-refractivity contribution is -0.156. The highest BCUT2D eigenvalue weighted by molar-refractivity contribution is 7.85. The van der Waals surface area contributed by atoms with Gasteiger partial charge in [0.15, 0.2) is 0 Å². The van der Waals surface area contributed by atoms with Crippen LogP contribution in [0.4, 0.5) is 0 Å². The molecule has 2 amide bonds. The molecule has 0 saturated carbocycles. The molecule has 1 atom stereocenters. The summed E-state index contributed by atoms with van der Waals surface area (Å²) in [5.74, 6) is 1.18. The fourth-order valence-electron chi connectivity index (χ4n) is 2.90. The second kappa shape index (κ2) is 5.23. The fraction of sp³-hybridized carbons (Fsp3) is 0.846. The van der Waals surface area contributed by atoms with Crippen molar-refractivity contribution in [3.8, 4) is 0 Å². The minimum absolute atomic E-state index is 0.0170. The molecule has 108 valence electrons. The van der Waals surface area contributed by atoms with Crippen molar-refractivity contribution in [2.24, 2.45) is 0 Å². The highest BCUT2D eigenvalue weighted by Gasteiger charge is 2.47. The van der Waals surface area contributed by atoms with E-state index in [4.69, 9.17) is 0 Å². The van der Waals surface area contributed by atoms with Gasteiger partial charge in [-0.15, -0.1) is 0 Å². The lowest BCUT2D eigenvalue weighted by Gasteiger charge is -2.47. The van der Waals surface area contributed by atoms with Gasteiger partial charge in [-0.25, -0.2) is 0 Å². The number of carbonyl (C=O) groups is 2. The van der Waals surface area contributed by atoms with Crippen LogP contribution >= 0.6 is 0 Å². The zero-order chi connectivity index (χ0) is 14.2. The van der Waals surface area contributed by atoms with Crippen molar-refractivity contribution in [3.63, 3.8) is 0 Å². The minimum atomic E-state index is -0.834. The van der Waals surface area contributed by atoms with Crippen LogP contribution in [0.1, 0.15) is 40.0 Å². The molecule has 2 saturated heterocycles. The molecule has 2 rings (SSSR count). The topological polar surface area (TPSA) is 66.5 Å². The summed E-state index contributed by atoms with van der Waals surface area (Å²) in [6.07, 6.45) is 2.09. The summed E-state index contributed by atoms with van der Waals surface area (Å²) in [4.78, 5) is 26.5. The summed E-state index contributed by atoms with van der Waals surface area (Å²) < 4.78 is 11.4. The lowest BCUT2D eigenvalue weighted by Crippen LogP contribution is -2.70. The molecule has 1 N–H and O–H groups in total. The average Bonchev–Trinajstić information content (AvgIpc) is 2.34. The van der Waals surface area contributed by atoms with Gasteiger partial charge in [-0.05, 0) is 33.1 Å². The maximum Gasteiger partial charge on any atom is 0.248 e. The molecule has 2 aliphatic heterocycles. The Hall–Kier alpha value is -0.910. The molecule has 1 unspecified atom stereocenters. The Bertz CT molecular complexity index is 412. The Kier molecular flexibility index (Phi) is 3.99. The Labute approximate surface area is 116 Å². The summed E-state index contributed by atoms with van der Waals surface area (Å²) in [7, 11) is -0.756. The first-order valence-corrected chi connectivity index (χ1v) is 8.35. The van der Waals surface area contributed by atoms with Crippen LogP contribution in [-0.2, 0) is 20.4 Å². The van der Waals surface area contributed by atoms with E-state index in [1.54, 1.807) is 18.7 Å². The van der Waals surface area contributed by atoms with Gasteiger partial charge < -0.3 is 10.2 Å². The summed E-state index contributed by atoms with van der Waals surface area (Å²) in [5.41, 5.74) is -0.834. The number of hydrogen-bond donors (Lipinski definition) is 1. The molecule has 0 radical (unpaired) electrons. The van der Waals surface area contributed by atoms with Crippen LogP contribution in [-0.4, -0.2) is 50.1 Å². The summed E-state index contributed by atoms with van der Waals surface area (Å²) in [6, 6.07) is -0.322. The highest BCUT2D eigenvalue weighted by atomic mass is 32.2. The average molecular weight is 286 g/mol. The minimum Gasteiger partial charge on any atom is -0.340 e. The van der Waals surface area contributed by atoms with Crippen LogP contribution in [0, 0.1) is 0 Å². The predicted molar refractivity (Wildman–Crippen MR) is 74.0 cm³/mol. The number of hydrogen-bond acceptors (Lipinski definition) is 3. The van der Waals surface area contributed by atoms with E-state index in [1.807, 2.05) is 6.92 Å². The number of amides is 2. The van der Waals surface area contributed by atoms with Crippen molar-refractivity contribution >= 4 is 22.6 Å². The van der Waals surface area contributed by atoms with Crippen LogP contribution in [0.2, 0.25) is 0 Å². The molecule has 0 spiro atoms. The van der Waals surface area contributed by atoms with Crippen molar-refractivity contribution in [1.29, 1.82) is 0 Å². The quantitative estimate of drug-likeness (QED) is 0.800. The van der Waals surface area contributed by atoms with Crippen LogP contribution in [0.5, 0.6) is 0 Å². The van der Waals surface area contributed by atoms with Gasteiger partial charge in [0.1, 0.15) is 11.6 Å². The first-order chi connectivity index (χ1) is 8.86. The van der Waals surface area contributed by atoms with E-state index in [2.05, 4.69) is 5.32 Å². The van der Waals surface area contributed by atoms with Gasteiger partial charge in [0, 0.05) is 28.3 Å². The Morgan fingerprint density at radius 3 is 2.42 bits per heavy atom. The third-order valence-electron chi connectivity index (χ3n) is 3.98. The predicted octanol–water partition coefficient (Wildman–Crippen LogP) is 0.413. The zero-order valence-electron chi connectivity index (χ0n) is 11.8. The summed E-state index contributed by atoms with van der Waals surface area (Å²) >= 11 is 0. The lowest BCUT2D eigenvalue weighted by atomic mass is 9.92. The maximum absolute atomic E-state index is 12.6. The molecule has 0 aromatic rings. The van der Waals surface area contributed by atoms with Crippen molar-refractivity contribution in [2.45, 2.75) is 57.7 Å². The molecule has 2 aliphatic rings. The third kappa shape index (κ3) is 2.68. The van der Waals surface area contributed by atoms with Crippen molar-refractivity contribution in [2.75, 3.05) is 11.5 Å². The van der Waals surface area contributed by atoms with Gasteiger partial charge in [0.25, 0.3) is 0 Å². The fourth-order valence-corrected chi connectivity index (χ4v) is 4.17. The van der Waals surface area contributed by atoms with Crippen LogP contribution < -0.4 is 5.32 Å². The molecule has 0 aromatic heterocycles. The van der Waals surface area contributed by atoms with Gasteiger partial charge in [0.05, 0.1) is 0 Å². The Morgan fingerprint density at radius 1 is 1.32 bits per heavy atom. The van der Waals surface area contributed by atoms with Crippen LogP contribution in [0.15, 0.2) is 0 Å². The number of piperazine rings is 1. The van der Waals surface area contributed by atoms with E-state index in [0.29, 0.717) is 17.9 Å². The second-order valence-corrected chi connectivity index (χ2v) is 7.53.